The summed E-state index contributed by atoms with van der Waals surface area (Å²) in [5.41, 5.74) is -0.533. The van der Waals surface area contributed by atoms with Crippen LogP contribution in [0.2, 0.25) is 0 Å². The number of pyridine rings is 1. The van der Waals surface area contributed by atoms with Crippen LogP contribution in [-0.4, -0.2) is 84.8 Å². The monoisotopic (exact) mass is 420 g/mol. The van der Waals surface area contributed by atoms with Crippen molar-refractivity contribution in [3.05, 3.63) is 30.1 Å². The van der Waals surface area contributed by atoms with E-state index in [0.717, 1.165) is 0 Å². The molecule has 4 rings (SSSR count). The summed E-state index contributed by atoms with van der Waals surface area (Å²) in [6.45, 7) is 4.94. The molecule has 29 heavy (non-hydrogen) atoms. The van der Waals surface area contributed by atoms with Gasteiger partial charge in [-0.3, -0.25) is 14.6 Å². The predicted octanol–water partition coefficient (Wildman–Crippen LogP) is 0.818. The first-order chi connectivity index (χ1) is 13.7. The van der Waals surface area contributed by atoms with Crippen molar-refractivity contribution < 1.29 is 18.0 Å². The maximum atomic E-state index is 13.4. The van der Waals surface area contributed by atoms with Crippen LogP contribution in [0.3, 0.4) is 0 Å². The molecule has 8 nitrogen and oxygen atoms in total. The Morgan fingerprint density at radius 3 is 2.45 bits per heavy atom. The van der Waals surface area contributed by atoms with Gasteiger partial charge in [0, 0.05) is 57.1 Å². The number of fused-ring (bicyclic) bond motifs is 1. The summed E-state index contributed by atoms with van der Waals surface area (Å²) in [4.78, 5) is 33.8. The maximum Gasteiger partial charge on any atom is 0.255 e. The molecule has 3 aliphatic heterocycles. The van der Waals surface area contributed by atoms with Crippen LogP contribution in [0, 0.1) is 10.8 Å². The fourth-order valence-electron chi connectivity index (χ4n) is 5.47. The fraction of sp³-hybridized carbons (Fsp3) is 0.650. The molecule has 0 bridgehead atoms. The van der Waals surface area contributed by atoms with E-state index in [1.807, 2.05) is 11.8 Å². The maximum absolute atomic E-state index is 13.4. The molecular weight excluding hydrogens is 392 g/mol. The lowest BCUT2D eigenvalue weighted by atomic mass is 9.60. The number of hydrogen-bond acceptors (Lipinski definition) is 5. The van der Waals surface area contributed by atoms with E-state index >= 15 is 0 Å². The Hall–Kier alpha value is -2.00. The van der Waals surface area contributed by atoms with E-state index < -0.39 is 20.9 Å². The number of likely N-dealkylation sites (tertiary alicyclic amines) is 2. The van der Waals surface area contributed by atoms with Gasteiger partial charge in [0.15, 0.2) is 0 Å². The van der Waals surface area contributed by atoms with E-state index in [9.17, 15) is 18.0 Å². The van der Waals surface area contributed by atoms with Crippen LogP contribution in [0.5, 0.6) is 0 Å². The number of hydrogen-bond donors (Lipinski definition) is 0. The second-order valence-electron chi connectivity index (χ2n) is 8.56. The highest BCUT2D eigenvalue weighted by Crippen LogP contribution is 2.58. The Morgan fingerprint density at radius 2 is 1.90 bits per heavy atom. The van der Waals surface area contributed by atoms with Gasteiger partial charge in [-0.1, -0.05) is 0 Å². The van der Waals surface area contributed by atoms with E-state index in [0.29, 0.717) is 57.5 Å². The summed E-state index contributed by atoms with van der Waals surface area (Å²) >= 11 is 0. The second kappa shape index (κ2) is 7.05. The van der Waals surface area contributed by atoms with Gasteiger partial charge in [0.1, 0.15) is 0 Å². The van der Waals surface area contributed by atoms with Crippen LogP contribution >= 0.6 is 0 Å². The van der Waals surface area contributed by atoms with Gasteiger partial charge in [-0.15, -0.1) is 0 Å². The number of rotatable bonds is 3. The van der Waals surface area contributed by atoms with Crippen molar-refractivity contribution in [3.63, 3.8) is 0 Å². The molecule has 2 spiro atoms. The number of amides is 2. The molecule has 158 valence electrons. The molecule has 0 N–H and O–H groups in total. The molecule has 1 aromatic rings. The van der Waals surface area contributed by atoms with E-state index in [-0.39, 0.29) is 18.4 Å². The molecule has 3 saturated heterocycles. The minimum atomic E-state index is -3.39. The molecule has 2 amide bonds. The van der Waals surface area contributed by atoms with Gasteiger partial charge >= 0.3 is 0 Å². The Bertz CT molecular complexity index is 912. The van der Waals surface area contributed by atoms with E-state index in [4.69, 9.17) is 0 Å². The van der Waals surface area contributed by atoms with E-state index in [1.165, 1.54) is 10.6 Å². The minimum absolute atomic E-state index is 0.0621. The van der Waals surface area contributed by atoms with E-state index in [2.05, 4.69) is 4.98 Å². The molecule has 0 radical (unpaired) electrons. The highest BCUT2D eigenvalue weighted by atomic mass is 32.2. The van der Waals surface area contributed by atoms with Crippen LogP contribution in [-0.2, 0) is 14.8 Å². The van der Waals surface area contributed by atoms with Crippen LogP contribution < -0.4 is 0 Å². The van der Waals surface area contributed by atoms with Crippen LogP contribution in [0.25, 0.3) is 0 Å². The summed E-state index contributed by atoms with van der Waals surface area (Å²) < 4.78 is 26.2. The zero-order valence-corrected chi connectivity index (χ0v) is 17.8. The highest BCUT2D eigenvalue weighted by Gasteiger charge is 2.66. The number of carbonyl (C=O) groups is 2. The van der Waals surface area contributed by atoms with Crippen LogP contribution in [0.1, 0.15) is 36.5 Å². The first kappa shape index (κ1) is 20.3. The molecule has 0 saturated carbocycles. The summed E-state index contributed by atoms with van der Waals surface area (Å²) in [5, 5.41) is 0. The minimum Gasteiger partial charge on any atom is -0.342 e. The first-order valence-corrected chi connectivity index (χ1v) is 12.0. The molecule has 4 heterocycles. The highest BCUT2D eigenvalue weighted by molar-refractivity contribution is 7.88. The van der Waals surface area contributed by atoms with Crippen molar-refractivity contribution in [1.29, 1.82) is 0 Å². The molecule has 0 unspecified atom stereocenters. The van der Waals surface area contributed by atoms with Crippen LogP contribution in [0.15, 0.2) is 24.5 Å². The summed E-state index contributed by atoms with van der Waals surface area (Å²) in [5.74, 6) is 0.0195. The number of nitrogens with zero attached hydrogens (tertiary/aromatic N) is 4. The summed E-state index contributed by atoms with van der Waals surface area (Å²) in [6.07, 6.45) is 6.37. The average molecular weight is 421 g/mol. The molecule has 3 fully saturated rings. The van der Waals surface area contributed by atoms with Gasteiger partial charge in [0.2, 0.25) is 15.9 Å². The molecule has 1 aromatic heterocycles. The third-order valence-electron chi connectivity index (χ3n) is 7.21. The van der Waals surface area contributed by atoms with Crippen molar-refractivity contribution in [1.82, 2.24) is 19.1 Å². The van der Waals surface area contributed by atoms with Crippen molar-refractivity contribution in [2.75, 3.05) is 45.5 Å². The number of aromatic nitrogens is 1. The summed E-state index contributed by atoms with van der Waals surface area (Å²) in [7, 11) is -3.39. The standard InChI is InChI=1S/C20H28N4O4S/c1-3-22-12-8-20(18(22)26)15-24(29(2,27)28)14-19(20)6-10-23(11-7-19)17(25)16-5-4-9-21-13-16/h4-5,9,13H,3,6-8,10-12,14-15H2,1-2H3/t20-/m1/s1. The Kier molecular flexibility index (Phi) is 4.93. The average Bonchev–Trinajstić information content (AvgIpc) is 3.21. The Morgan fingerprint density at radius 1 is 1.17 bits per heavy atom. The lowest BCUT2D eigenvalue weighted by molar-refractivity contribution is -0.141. The van der Waals surface area contributed by atoms with Crippen LogP contribution in [0.4, 0.5) is 0 Å². The lowest BCUT2D eigenvalue weighted by Gasteiger charge is -2.46. The van der Waals surface area contributed by atoms with Gasteiger partial charge in [0.25, 0.3) is 5.91 Å². The second-order valence-corrected chi connectivity index (χ2v) is 10.5. The Balaban J connectivity index is 1.60. The molecule has 9 heteroatoms. The molecule has 0 aliphatic carbocycles. The van der Waals surface area contributed by atoms with Gasteiger partial charge in [0.05, 0.1) is 17.2 Å². The number of carbonyl (C=O) groups excluding carboxylic acids is 2. The number of piperidine rings is 1. The number of sulfonamides is 1. The van der Waals surface area contributed by atoms with Crippen molar-refractivity contribution in [2.45, 2.75) is 26.2 Å². The quantitative estimate of drug-likeness (QED) is 0.722. The fourth-order valence-corrected chi connectivity index (χ4v) is 6.41. The van der Waals surface area contributed by atoms with Gasteiger partial charge in [-0.05, 0) is 38.3 Å². The smallest absolute Gasteiger partial charge is 0.255 e. The molecule has 3 aliphatic rings. The van der Waals surface area contributed by atoms with Gasteiger partial charge in [-0.2, -0.15) is 0 Å². The molecule has 0 aromatic carbocycles. The van der Waals surface area contributed by atoms with Crippen molar-refractivity contribution in [3.8, 4) is 0 Å². The Labute approximate surface area is 171 Å². The molecular formula is C20H28N4O4S. The molecule has 1 atom stereocenters. The third-order valence-corrected chi connectivity index (χ3v) is 8.41. The largest absolute Gasteiger partial charge is 0.342 e. The lowest BCUT2D eigenvalue weighted by Crippen LogP contribution is -2.53. The van der Waals surface area contributed by atoms with Gasteiger partial charge in [-0.25, -0.2) is 12.7 Å². The SMILES string of the molecule is CCN1CC[C@@]2(CN(S(C)(=O)=O)CC23CCN(C(=O)c2cccnc2)CC3)C1=O. The van der Waals surface area contributed by atoms with E-state index in [1.54, 1.807) is 29.4 Å². The zero-order valence-electron chi connectivity index (χ0n) is 17.0. The summed E-state index contributed by atoms with van der Waals surface area (Å²) in [6, 6.07) is 3.49. The van der Waals surface area contributed by atoms with Crippen molar-refractivity contribution in [2.24, 2.45) is 10.8 Å². The van der Waals surface area contributed by atoms with Crippen molar-refractivity contribution >= 4 is 21.8 Å². The zero-order chi connectivity index (χ0) is 20.9. The first-order valence-electron chi connectivity index (χ1n) is 10.2. The predicted molar refractivity (Wildman–Crippen MR) is 108 cm³/mol. The third kappa shape index (κ3) is 3.15. The normalized spacial score (nSPS) is 27.3. The topological polar surface area (TPSA) is 90.9 Å². The van der Waals surface area contributed by atoms with Gasteiger partial charge < -0.3 is 9.80 Å².